The second-order valence-corrected chi connectivity index (χ2v) is 4.12. The molecular formula is C9H23ClN2. The van der Waals surface area contributed by atoms with Crippen LogP contribution in [0.1, 0.15) is 19.8 Å². The van der Waals surface area contributed by atoms with Crippen molar-refractivity contribution in [1.82, 2.24) is 5.32 Å². The van der Waals surface area contributed by atoms with Crippen molar-refractivity contribution in [2.24, 2.45) is 0 Å². The Morgan fingerprint density at radius 2 is 1.67 bits per heavy atom. The Balaban J connectivity index is 0. The number of quaternary nitrogens is 1. The average Bonchev–Trinajstić information content (AvgIpc) is 1.85. The first-order chi connectivity index (χ1) is 5.06. The summed E-state index contributed by atoms with van der Waals surface area (Å²) in [6, 6.07) is 0. The summed E-state index contributed by atoms with van der Waals surface area (Å²) < 4.78 is 1.08. The van der Waals surface area contributed by atoms with Crippen LogP contribution in [-0.4, -0.2) is 45.3 Å². The van der Waals surface area contributed by atoms with Gasteiger partial charge in [0.2, 0.25) is 0 Å². The van der Waals surface area contributed by atoms with Gasteiger partial charge in [-0.1, -0.05) is 6.92 Å². The van der Waals surface area contributed by atoms with Gasteiger partial charge < -0.3 is 22.2 Å². The molecule has 0 saturated heterocycles. The molecule has 0 aromatic rings. The zero-order valence-corrected chi connectivity index (χ0v) is 9.62. The normalized spacial score (nSPS) is 11.0. The number of hydrogen-bond donors (Lipinski definition) is 1. The third-order valence-corrected chi connectivity index (χ3v) is 1.61. The number of halogens is 1. The van der Waals surface area contributed by atoms with Crippen LogP contribution < -0.4 is 17.7 Å². The van der Waals surface area contributed by atoms with Gasteiger partial charge in [-0.15, -0.1) is 0 Å². The predicted molar refractivity (Wildman–Crippen MR) is 50.7 cm³/mol. The predicted octanol–water partition coefficient (Wildman–Crippen LogP) is -1.91. The molecule has 1 N–H and O–H groups in total. The quantitative estimate of drug-likeness (QED) is 0.385. The molecule has 0 rings (SSSR count). The minimum absolute atomic E-state index is 0. The molecule has 0 aliphatic rings. The van der Waals surface area contributed by atoms with Crippen molar-refractivity contribution in [3.05, 3.63) is 0 Å². The molecule has 0 heterocycles. The molecule has 0 spiro atoms. The lowest BCUT2D eigenvalue weighted by Crippen LogP contribution is -3.00. The van der Waals surface area contributed by atoms with Crippen molar-refractivity contribution in [1.29, 1.82) is 0 Å². The molecule has 0 fully saturated rings. The molecule has 0 bridgehead atoms. The summed E-state index contributed by atoms with van der Waals surface area (Å²) in [5, 5.41) is 3.40. The Hall–Kier alpha value is 0.210. The van der Waals surface area contributed by atoms with E-state index in [1.54, 1.807) is 0 Å². The summed E-state index contributed by atoms with van der Waals surface area (Å²) in [4.78, 5) is 0. The van der Waals surface area contributed by atoms with Crippen LogP contribution in [0.5, 0.6) is 0 Å². The summed E-state index contributed by atoms with van der Waals surface area (Å²) >= 11 is 0. The SMILES string of the molecule is CCCNCCC[N+](C)(C)C.[Cl-]. The fourth-order valence-electron chi connectivity index (χ4n) is 0.980. The Bertz CT molecular complexity index is 89.0. The Morgan fingerprint density at radius 3 is 2.08 bits per heavy atom. The molecule has 3 heteroatoms. The molecule has 0 amide bonds. The molecule has 0 aliphatic carbocycles. The molecular weight excluding hydrogens is 172 g/mol. The number of hydrogen-bond acceptors (Lipinski definition) is 1. The van der Waals surface area contributed by atoms with Crippen LogP contribution in [0.4, 0.5) is 0 Å². The molecule has 0 aromatic carbocycles. The molecule has 0 aromatic heterocycles. The zero-order valence-electron chi connectivity index (χ0n) is 8.86. The van der Waals surface area contributed by atoms with Gasteiger partial charge in [0, 0.05) is 13.0 Å². The van der Waals surface area contributed by atoms with Gasteiger partial charge in [0.1, 0.15) is 0 Å². The Labute approximate surface area is 83.3 Å². The standard InChI is InChI=1S/C9H23N2.ClH/c1-5-7-10-8-6-9-11(2,3)4;/h10H,5-9H2,1-4H3;1H/q+1;/p-1. The highest BCUT2D eigenvalue weighted by Crippen LogP contribution is 1.91. The first-order valence-electron chi connectivity index (χ1n) is 4.57. The third kappa shape index (κ3) is 12.8. The van der Waals surface area contributed by atoms with Crippen molar-refractivity contribution < 1.29 is 16.9 Å². The van der Waals surface area contributed by atoms with Crippen molar-refractivity contribution in [2.75, 3.05) is 40.8 Å². The van der Waals surface area contributed by atoms with Gasteiger partial charge in [0.15, 0.2) is 0 Å². The Morgan fingerprint density at radius 1 is 1.08 bits per heavy atom. The molecule has 0 radical (unpaired) electrons. The lowest BCUT2D eigenvalue weighted by Gasteiger charge is -2.23. The minimum Gasteiger partial charge on any atom is -1.00 e. The summed E-state index contributed by atoms with van der Waals surface area (Å²) in [6.45, 7) is 5.80. The molecule has 12 heavy (non-hydrogen) atoms. The van der Waals surface area contributed by atoms with E-state index in [0.29, 0.717) is 0 Å². The van der Waals surface area contributed by atoms with Crippen molar-refractivity contribution >= 4 is 0 Å². The van der Waals surface area contributed by atoms with Crippen LogP contribution in [-0.2, 0) is 0 Å². The van der Waals surface area contributed by atoms with E-state index >= 15 is 0 Å². The van der Waals surface area contributed by atoms with Crippen LogP contribution >= 0.6 is 0 Å². The van der Waals surface area contributed by atoms with Crippen LogP contribution in [0.15, 0.2) is 0 Å². The first kappa shape index (κ1) is 14.7. The van der Waals surface area contributed by atoms with E-state index in [1.165, 1.54) is 25.9 Å². The smallest absolute Gasteiger partial charge is 0.0792 e. The van der Waals surface area contributed by atoms with Crippen LogP contribution in [0.2, 0.25) is 0 Å². The van der Waals surface area contributed by atoms with E-state index < -0.39 is 0 Å². The van der Waals surface area contributed by atoms with E-state index in [0.717, 1.165) is 11.0 Å². The van der Waals surface area contributed by atoms with Crippen LogP contribution in [0, 0.1) is 0 Å². The monoisotopic (exact) mass is 194 g/mol. The van der Waals surface area contributed by atoms with Crippen molar-refractivity contribution in [3.63, 3.8) is 0 Å². The van der Waals surface area contributed by atoms with Crippen molar-refractivity contribution in [2.45, 2.75) is 19.8 Å². The highest BCUT2D eigenvalue weighted by Gasteiger charge is 2.04. The molecule has 0 saturated carbocycles. The fraction of sp³-hybridized carbons (Fsp3) is 1.00. The third-order valence-electron chi connectivity index (χ3n) is 1.61. The van der Waals surface area contributed by atoms with Gasteiger partial charge >= 0.3 is 0 Å². The largest absolute Gasteiger partial charge is 1.00 e. The van der Waals surface area contributed by atoms with Gasteiger partial charge in [-0.25, -0.2) is 0 Å². The van der Waals surface area contributed by atoms with E-state index in [-0.39, 0.29) is 12.4 Å². The highest BCUT2D eigenvalue weighted by molar-refractivity contribution is 4.44. The van der Waals surface area contributed by atoms with Gasteiger partial charge in [-0.3, -0.25) is 0 Å². The topological polar surface area (TPSA) is 12.0 Å². The molecule has 0 aliphatic heterocycles. The number of nitrogens with one attached hydrogen (secondary N) is 1. The second-order valence-electron chi connectivity index (χ2n) is 4.12. The molecule has 76 valence electrons. The van der Waals surface area contributed by atoms with Crippen molar-refractivity contribution in [3.8, 4) is 0 Å². The summed E-state index contributed by atoms with van der Waals surface area (Å²) in [5.41, 5.74) is 0. The lowest BCUT2D eigenvalue weighted by atomic mass is 10.3. The van der Waals surface area contributed by atoms with Gasteiger partial charge in [-0.05, 0) is 13.0 Å². The fourth-order valence-corrected chi connectivity index (χ4v) is 0.980. The van der Waals surface area contributed by atoms with E-state index in [1.807, 2.05) is 0 Å². The van der Waals surface area contributed by atoms with Crippen LogP contribution in [0.25, 0.3) is 0 Å². The maximum atomic E-state index is 3.40. The average molecular weight is 195 g/mol. The summed E-state index contributed by atoms with van der Waals surface area (Å²) in [7, 11) is 6.71. The number of rotatable bonds is 6. The highest BCUT2D eigenvalue weighted by atomic mass is 35.5. The van der Waals surface area contributed by atoms with Gasteiger partial charge in [0.25, 0.3) is 0 Å². The molecule has 0 atom stereocenters. The van der Waals surface area contributed by atoms with Gasteiger partial charge in [0.05, 0.1) is 27.7 Å². The minimum atomic E-state index is 0. The number of nitrogens with zero attached hydrogens (tertiary/aromatic N) is 1. The second kappa shape index (κ2) is 7.84. The van der Waals surface area contributed by atoms with Crippen LogP contribution in [0.3, 0.4) is 0 Å². The molecule has 0 unspecified atom stereocenters. The summed E-state index contributed by atoms with van der Waals surface area (Å²) in [6.07, 6.45) is 2.52. The van der Waals surface area contributed by atoms with E-state index in [2.05, 4.69) is 33.4 Å². The van der Waals surface area contributed by atoms with Gasteiger partial charge in [-0.2, -0.15) is 0 Å². The Kier molecular flexibility index (Phi) is 9.61. The summed E-state index contributed by atoms with van der Waals surface area (Å²) in [5.74, 6) is 0. The maximum Gasteiger partial charge on any atom is 0.0792 e. The first-order valence-corrected chi connectivity index (χ1v) is 4.57. The van der Waals surface area contributed by atoms with E-state index in [9.17, 15) is 0 Å². The maximum absolute atomic E-state index is 3.40. The van der Waals surface area contributed by atoms with E-state index in [4.69, 9.17) is 0 Å². The zero-order chi connectivity index (χ0) is 8.74. The molecule has 2 nitrogen and oxygen atoms in total. The lowest BCUT2D eigenvalue weighted by molar-refractivity contribution is -0.870.